The molecule has 0 nitrogen and oxygen atoms in total. The number of hydrogen-bond donors (Lipinski definition) is 0. The summed E-state index contributed by atoms with van der Waals surface area (Å²) < 4.78 is 0. The van der Waals surface area contributed by atoms with Gasteiger partial charge in [-0.05, 0) is 198 Å². The Balaban J connectivity index is 0.000000622. The van der Waals surface area contributed by atoms with Gasteiger partial charge in [0.1, 0.15) is 0 Å². The first kappa shape index (κ1) is 114. The van der Waals surface area contributed by atoms with Crippen LogP contribution in [0.2, 0.25) is 0 Å². The monoisotopic (exact) mass is 1630 g/mol. The Hall–Kier alpha value is 0. The average molecular weight is 1630 g/mol. The molecule has 18 aliphatic carbocycles. The van der Waals surface area contributed by atoms with Gasteiger partial charge in [-0.1, -0.05) is 547 Å². The molecule has 0 aromatic carbocycles. The van der Waals surface area contributed by atoms with Gasteiger partial charge >= 0.3 is 0 Å². The molecule has 18 rings (SSSR count). The SMILES string of the molecule is C1CC2CCCC2C1.C1CCC2CCC2C1.C1CCC2CCC2C1.C1CCC2CCC2C1.C1CCC2CCCC2C1.C1CCC2CCCC2C1.C1CCC2CCCCC2C1.C1CCC2CCCCC2C1.C1CCC2CCCCC2C1.CC(C)C.CC(C)C.CC(C)C.CC(C)C.CC(C)C.CC(C)C.CC(C)C.CC(C)C.CC(C)C. The zero-order chi connectivity index (χ0) is 86.4. The molecule has 0 saturated heterocycles. The zero-order valence-corrected chi connectivity index (χ0v) is 86.4. The van der Waals surface area contributed by atoms with Crippen LogP contribution in [-0.4, -0.2) is 0 Å². The van der Waals surface area contributed by atoms with Crippen LogP contribution in [0.15, 0.2) is 0 Å². The van der Waals surface area contributed by atoms with Gasteiger partial charge in [0.15, 0.2) is 0 Å². The summed E-state index contributed by atoms with van der Waals surface area (Å²) >= 11 is 0. The van der Waals surface area contributed by atoms with Gasteiger partial charge in [0.25, 0.3) is 0 Å². The van der Waals surface area contributed by atoms with E-state index in [0.29, 0.717) is 0 Å². The highest BCUT2D eigenvalue weighted by Crippen LogP contribution is 2.49. The molecule has 10 unspecified atom stereocenters. The molecule has 0 radical (unpaired) electrons. The predicted molar refractivity (Wildman–Crippen MR) is 534 cm³/mol. The second kappa shape index (κ2) is 73.1. The standard InChI is InChI=1S/3C10H18.2C9H16.4C8H14.9C4H10/c3*1-2-6-10-8-4-3-7-9(10)5-1;2*1-2-5-9-7-3-6-8(9)4-1;1-3-7-5-2-6-8(7)4-1;3*1-2-4-8-6-5-7(8)3-1;9*1-4(2)3/h3*9-10H,1-8H2;2*8-9H,1-7H2;4*7-8H,1-6H2;9*4H,1-3H3. The van der Waals surface area contributed by atoms with Crippen molar-refractivity contribution >= 4 is 0 Å². The Bertz CT molecular complexity index is 1610. The van der Waals surface area contributed by atoms with Crippen molar-refractivity contribution in [1.29, 1.82) is 0 Å². The van der Waals surface area contributed by atoms with Crippen LogP contribution in [0.5, 0.6) is 0 Å². The lowest BCUT2D eigenvalue weighted by Gasteiger charge is -2.40. The Morgan fingerprint density at radius 2 is 0.121 bits per heavy atom. The Kier molecular flexibility index (Phi) is 71.8. The van der Waals surface area contributed by atoms with Crippen molar-refractivity contribution in [1.82, 2.24) is 0 Å². The number of rotatable bonds is 0. The summed E-state index contributed by atoms with van der Waals surface area (Å²) in [7, 11) is 0. The molecule has 696 valence electrons. The normalized spacial score (nSPS) is 32.4. The van der Waals surface area contributed by atoms with E-state index >= 15 is 0 Å². The Morgan fingerprint density at radius 1 is 0.0776 bits per heavy atom. The van der Waals surface area contributed by atoms with E-state index in [2.05, 4.69) is 187 Å². The quantitative estimate of drug-likeness (QED) is 0.227. The summed E-state index contributed by atoms with van der Waals surface area (Å²) in [5.41, 5.74) is 0. The summed E-state index contributed by atoms with van der Waals surface area (Å²) in [5, 5.41) is 0. The van der Waals surface area contributed by atoms with Gasteiger partial charge in [0, 0.05) is 0 Å². The summed E-state index contributed by atoms with van der Waals surface area (Å²) in [6, 6.07) is 0. The van der Waals surface area contributed by atoms with E-state index in [1.54, 1.807) is 231 Å². The molecule has 18 aliphatic rings. The van der Waals surface area contributed by atoms with Crippen molar-refractivity contribution in [2.24, 2.45) is 160 Å². The molecule has 0 aromatic heterocycles. The molecule has 0 N–H and O–H groups in total. The van der Waals surface area contributed by atoms with E-state index in [0.717, 1.165) is 88.8 Å². The van der Waals surface area contributed by atoms with Crippen molar-refractivity contribution < 1.29 is 0 Å². The van der Waals surface area contributed by atoms with E-state index in [1.165, 1.54) is 238 Å². The third-order valence-corrected chi connectivity index (χ3v) is 28.7. The van der Waals surface area contributed by atoms with Crippen molar-refractivity contribution in [3.8, 4) is 0 Å². The fourth-order valence-corrected chi connectivity index (χ4v) is 23.1. The molecule has 0 bridgehead atoms. The molecule has 0 aromatic rings. The minimum absolute atomic E-state index is 0.833. The van der Waals surface area contributed by atoms with Crippen molar-refractivity contribution in [2.75, 3.05) is 0 Å². The topological polar surface area (TPSA) is 0 Å². The first-order chi connectivity index (χ1) is 55.3. The first-order valence-electron chi connectivity index (χ1n) is 55.3. The second-order valence-corrected chi connectivity index (χ2v) is 48.9. The van der Waals surface area contributed by atoms with Gasteiger partial charge in [-0.15, -0.1) is 0 Å². The average Bonchev–Trinajstić information content (AvgIpc) is 1.27. The summed E-state index contributed by atoms with van der Waals surface area (Å²) in [6.07, 6.45) is 96.0. The fraction of sp³-hybridized carbons (Fsp3) is 1.00. The number of hydrogen-bond acceptors (Lipinski definition) is 0. The maximum absolute atomic E-state index is 2.17. The molecular formula is C116H232. The maximum Gasteiger partial charge on any atom is -0.0386 e. The van der Waals surface area contributed by atoms with Crippen LogP contribution in [0.3, 0.4) is 0 Å². The van der Waals surface area contributed by atoms with Crippen LogP contribution in [0, 0.1) is 160 Å². The van der Waals surface area contributed by atoms with Crippen LogP contribution in [0.25, 0.3) is 0 Å². The molecular weight excluding hydrogens is 1390 g/mol. The lowest BCUT2D eigenvalue weighted by atomic mass is 9.66. The maximum atomic E-state index is 2.17. The summed E-state index contributed by atoms with van der Waals surface area (Å²) in [6.45, 7) is 58.5. The summed E-state index contributed by atoms with van der Waals surface area (Å²) in [5.74, 6) is 28.5. The lowest BCUT2D eigenvalue weighted by Crippen LogP contribution is -2.28. The molecule has 0 aliphatic heterocycles. The lowest BCUT2D eigenvalue weighted by molar-refractivity contribution is 0.115. The van der Waals surface area contributed by atoms with Gasteiger partial charge < -0.3 is 0 Å². The summed E-state index contributed by atoms with van der Waals surface area (Å²) in [4.78, 5) is 0. The van der Waals surface area contributed by atoms with Crippen LogP contribution < -0.4 is 0 Å². The molecule has 10 atom stereocenters. The van der Waals surface area contributed by atoms with E-state index in [1.807, 2.05) is 0 Å². The third kappa shape index (κ3) is 63.0. The smallest absolute Gasteiger partial charge is 0.0386 e. The molecule has 18 saturated carbocycles. The van der Waals surface area contributed by atoms with Crippen molar-refractivity contribution in [3.63, 3.8) is 0 Å². The van der Waals surface area contributed by atoms with Gasteiger partial charge in [0.2, 0.25) is 0 Å². The van der Waals surface area contributed by atoms with E-state index in [9.17, 15) is 0 Å². The number of fused-ring (bicyclic) bond motifs is 9. The van der Waals surface area contributed by atoms with Crippen molar-refractivity contribution in [3.05, 3.63) is 0 Å². The van der Waals surface area contributed by atoms with Crippen LogP contribution >= 0.6 is 0 Å². The predicted octanol–water partition coefficient (Wildman–Crippen LogP) is 41.4. The van der Waals surface area contributed by atoms with Gasteiger partial charge in [0.05, 0.1) is 0 Å². The first-order valence-corrected chi connectivity index (χ1v) is 55.3. The van der Waals surface area contributed by atoms with Crippen molar-refractivity contribution in [2.45, 2.75) is 585 Å². The molecule has 0 spiro atoms. The van der Waals surface area contributed by atoms with Gasteiger partial charge in [-0.25, -0.2) is 0 Å². The molecule has 18 fully saturated rings. The Morgan fingerprint density at radius 3 is 0.164 bits per heavy atom. The second-order valence-electron chi connectivity index (χ2n) is 48.9. The molecule has 0 heteroatoms. The van der Waals surface area contributed by atoms with E-state index in [4.69, 9.17) is 0 Å². The fourth-order valence-electron chi connectivity index (χ4n) is 23.1. The van der Waals surface area contributed by atoms with Crippen LogP contribution in [0.1, 0.15) is 585 Å². The largest absolute Gasteiger partial charge is 0.0630 e. The van der Waals surface area contributed by atoms with Crippen LogP contribution in [0.4, 0.5) is 0 Å². The molecule has 116 heavy (non-hydrogen) atoms. The molecule has 0 amide bonds. The van der Waals surface area contributed by atoms with E-state index < -0.39 is 0 Å². The highest BCUT2D eigenvalue weighted by atomic mass is 14.4. The zero-order valence-electron chi connectivity index (χ0n) is 86.4. The Labute approximate surface area is 740 Å². The van der Waals surface area contributed by atoms with Gasteiger partial charge in [-0.2, -0.15) is 0 Å². The molecule has 0 heterocycles. The highest BCUT2D eigenvalue weighted by molar-refractivity contribution is 4.88. The third-order valence-electron chi connectivity index (χ3n) is 28.7. The minimum Gasteiger partial charge on any atom is -0.0630 e. The highest BCUT2D eigenvalue weighted by Gasteiger charge is 2.36. The van der Waals surface area contributed by atoms with Gasteiger partial charge in [-0.3, -0.25) is 0 Å². The minimum atomic E-state index is 0.833. The van der Waals surface area contributed by atoms with Crippen LogP contribution in [-0.2, 0) is 0 Å². The van der Waals surface area contributed by atoms with E-state index in [-0.39, 0.29) is 0 Å².